The van der Waals surface area contributed by atoms with Crippen LogP contribution in [0.15, 0.2) is 0 Å². The third kappa shape index (κ3) is 4.37. The molecule has 6 heteroatoms. The number of carbonyl (C=O) groups excluding carboxylic acids is 2. The van der Waals surface area contributed by atoms with E-state index >= 15 is 0 Å². The van der Waals surface area contributed by atoms with Crippen molar-refractivity contribution in [3.63, 3.8) is 0 Å². The van der Waals surface area contributed by atoms with E-state index in [1.165, 1.54) is 0 Å². The lowest BCUT2D eigenvalue weighted by atomic mass is 9.70. The molecule has 2 fully saturated rings. The second-order valence-corrected chi connectivity index (χ2v) is 7.94. The average Bonchev–Trinajstić information content (AvgIpc) is 2.69. The summed E-state index contributed by atoms with van der Waals surface area (Å²) in [7, 11) is 2.10. The molecule has 2 aliphatic rings. The molecular weight excluding hydrogens is 296 g/mol. The summed E-state index contributed by atoms with van der Waals surface area (Å²) < 4.78 is 10.5. The van der Waals surface area contributed by atoms with Crippen LogP contribution in [-0.4, -0.2) is 67.3 Å². The SMILES string of the molecule is CCOC(=O)CCC1CN(C)CC12CN(C(=O)OC(C)(C)C)C2. The normalized spacial score (nSPS) is 23.7. The predicted octanol–water partition coefficient (Wildman–Crippen LogP) is 2.13. The molecule has 2 rings (SSSR count). The van der Waals surface area contributed by atoms with E-state index in [2.05, 4.69) is 11.9 Å². The van der Waals surface area contributed by atoms with E-state index in [-0.39, 0.29) is 17.5 Å². The van der Waals surface area contributed by atoms with Crippen molar-refractivity contribution in [3.05, 3.63) is 0 Å². The molecule has 1 spiro atoms. The summed E-state index contributed by atoms with van der Waals surface area (Å²) in [5.74, 6) is 0.302. The molecule has 0 aromatic heterocycles. The third-order valence-corrected chi connectivity index (χ3v) is 4.65. The number of amides is 1. The van der Waals surface area contributed by atoms with Crippen LogP contribution in [0.4, 0.5) is 4.79 Å². The molecule has 2 saturated heterocycles. The van der Waals surface area contributed by atoms with E-state index in [0.717, 1.165) is 32.6 Å². The lowest BCUT2D eigenvalue weighted by Crippen LogP contribution is -2.62. The highest BCUT2D eigenvalue weighted by molar-refractivity contribution is 5.70. The zero-order valence-corrected chi connectivity index (χ0v) is 15.1. The van der Waals surface area contributed by atoms with Crippen LogP contribution in [0.1, 0.15) is 40.5 Å². The van der Waals surface area contributed by atoms with Crippen LogP contribution in [0, 0.1) is 11.3 Å². The molecular formula is C17H30N2O4. The van der Waals surface area contributed by atoms with Crippen LogP contribution in [-0.2, 0) is 14.3 Å². The van der Waals surface area contributed by atoms with Gasteiger partial charge in [0, 0.05) is 38.0 Å². The highest BCUT2D eigenvalue weighted by Gasteiger charge is 2.55. The summed E-state index contributed by atoms with van der Waals surface area (Å²) in [5, 5.41) is 0. The lowest BCUT2D eigenvalue weighted by Gasteiger charge is -2.50. The Morgan fingerprint density at radius 1 is 1.22 bits per heavy atom. The monoisotopic (exact) mass is 326 g/mol. The number of nitrogens with zero attached hydrogens (tertiary/aromatic N) is 2. The third-order valence-electron chi connectivity index (χ3n) is 4.65. The first-order valence-corrected chi connectivity index (χ1v) is 8.47. The van der Waals surface area contributed by atoms with Crippen LogP contribution < -0.4 is 0 Å². The maximum atomic E-state index is 12.1. The van der Waals surface area contributed by atoms with E-state index < -0.39 is 5.60 Å². The van der Waals surface area contributed by atoms with E-state index in [0.29, 0.717) is 18.9 Å². The van der Waals surface area contributed by atoms with Crippen molar-refractivity contribution in [2.75, 3.05) is 39.8 Å². The van der Waals surface area contributed by atoms with Crippen LogP contribution in [0.2, 0.25) is 0 Å². The first-order valence-electron chi connectivity index (χ1n) is 8.47. The molecule has 0 radical (unpaired) electrons. The molecule has 2 heterocycles. The zero-order valence-electron chi connectivity index (χ0n) is 15.1. The van der Waals surface area contributed by atoms with Gasteiger partial charge in [0.05, 0.1) is 6.61 Å². The lowest BCUT2D eigenvalue weighted by molar-refractivity contribution is -0.143. The Labute approximate surface area is 139 Å². The Kier molecular flexibility index (Phi) is 5.23. The first kappa shape index (κ1) is 18.0. The van der Waals surface area contributed by atoms with Crippen molar-refractivity contribution in [1.29, 1.82) is 0 Å². The number of rotatable bonds is 4. The summed E-state index contributed by atoms with van der Waals surface area (Å²) >= 11 is 0. The quantitative estimate of drug-likeness (QED) is 0.741. The van der Waals surface area contributed by atoms with Crippen LogP contribution >= 0.6 is 0 Å². The molecule has 0 N–H and O–H groups in total. The minimum atomic E-state index is -0.463. The maximum absolute atomic E-state index is 12.1. The van der Waals surface area contributed by atoms with Crippen LogP contribution in [0.3, 0.4) is 0 Å². The van der Waals surface area contributed by atoms with E-state index in [4.69, 9.17) is 9.47 Å². The summed E-state index contributed by atoms with van der Waals surface area (Å²) in [6, 6.07) is 0. The Morgan fingerprint density at radius 3 is 2.43 bits per heavy atom. The minimum Gasteiger partial charge on any atom is -0.466 e. The van der Waals surface area contributed by atoms with E-state index in [1.807, 2.05) is 27.7 Å². The van der Waals surface area contributed by atoms with Crippen molar-refractivity contribution < 1.29 is 19.1 Å². The van der Waals surface area contributed by atoms with Crippen molar-refractivity contribution in [2.24, 2.45) is 11.3 Å². The zero-order chi connectivity index (χ0) is 17.3. The summed E-state index contributed by atoms with van der Waals surface area (Å²) in [6.45, 7) is 11.3. The predicted molar refractivity (Wildman–Crippen MR) is 87.1 cm³/mol. The molecule has 0 aromatic carbocycles. The first-order chi connectivity index (χ1) is 10.6. The number of hydrogen-bond donors (Lipinski definition) is 0. The van der Waals surface area contributed by atoms with E-state index in [9.17, 15) is 9.59 Å². The topological polar surface area (TPSA) is 59.1 Å². The summed E-state index contributed by atoms with van der Waals surface area (Å²) in [6.07, 6.45) is 1.05. The molecule has 0 saturated carbocycles. The van der Waals surface area contributed by atoms with Gasteiger partial charge >= 0.3 is 12.1 Å². The Morgan fingerprint density at radius 2 is 1.87 bits per heavy atom. The van der Waals surface area contributed by atoms with E-state index in [1.54, 1.807) is 4.90 Å². The van der Waals surface area contributed by atoms with Gasteiger partial charge in [-0.15, -0.1) is 0 Å². The van der Waals surface area contributed by atoms with Gasteiger partial charge in [0.25, 0.3) is 0 Å². The van der Waals surface area contributed by atoms with Gasteiger partial charge in [-0.2, -0.15) is 0 Å². The molecule has 1 unspecified atom stereocenters. The minimum absolute atomic E-state index is 0.109. The Bertz CT molecular complexity index is 452. The fourth-order valence-electron chi connectivity index (χ4n) is 3.75. The van der Waals surface area contributed by atoms with Crippen molar-refractivity contribution in [3.8, 4) is 0 Å². The molecule has 1 atom stereocenters. The van der Waals surface area contributed by atoms with Crippen LogP contribution in [0.5, 0.6) is 0 Å². The van der Waals surface area contributed by atoms with Gasteiger partial charge in [0.15, 0.2) is 0 Å². The molecule has 6 nitrogen and oxygen atoms in total. The Hall–Kier alpha value is -1.30. The standard InChI is InChI=1S/C17H30N2O4/c1-6-22-14(20)8-7-13-9-18(5)10-17(13)11-19(12-17)15(21)23-16(2,3)4/h13H,6-12H2,1-5H3. The maximum Gasteiger partial charge on any atom is 0.410 e. The van der Waals surface area contributed by atoms with Crippen LogP contribution in [0.25, 0.3) is 0 Å². The largest absolute Gasteiger partial charge is 0.466 e. The highest BCUT2D eigenvalue weighted by Crippen LogP contribution is 2.45. The molecule has 0 bridgehead atoms. The molecule has 23 heavy (non-hydrogen) atoms. The molecule has 2 aliphatic heterocycles. The number of hydrogen-bond acceptors (Lipinski definition) is 5. The summed E-state index contributed by atoms with van der Waals surface area (Å²) in [4.78, 5) is 27.8. The number of carbonyl (C=O) groups is 2. The number of ether oxygens (including phenoxy) is 2. The molecule has 132 valence electrons. The van der Waals surface area contributed by atoms with Gasteiger partial charge in [-0.05, 0) is 47.1 Å². The van der Waals surface area contributed by atoms with Gasteiger partial charge in [-0.1, -0.05) is 0 Å². The van der Waals surface area contributed by atoms with Gasteiger partial charge in [-0.25, -0.2) is 4.79 Å². The average molecular weight is 326 g/mol. The fourth-order valence-corrected chi connectivity index (χ4v) is 3.75. The smallest absolute Gasteiger partial charge is 0.410 e. The Balaban J connectivity index is 1.88. The molecule has 0 aromatic rings. The van der Waals surface area contributed by atoms with Crippen molar-refractivity contribution in [1.82, 2.24) is 9.80 Å². The highest BCUT2D eigenvalue weighted by atomic mass is 16.6. The number of esters is 1. The fraction of sp³-hybridized carbons (Fsp3) is 0.882. The second kappa shape index (κ2) is 6.67. The number of likely N-dealkylation sites (tertiary alicyclic amines) is 2. The van der Waals surface area contributed by atoms with Gasteiger partial charge in [-0.3, -0.25) is 4.79 Å². The van der Waals surface area contributed by atoms with Crippen molar-refractivity contribution >= 4 is 12.1 Å². The second-order valence-electron chi connectivity index (χ2n) is 7.94. The summed E-state index contributed by atoms with van der Waals surface area (Å²) in [5.41, 5.74) is -0.353. The van der Waals surface area contributed by atoms with Crippen molar-refractivity contribution in [2.45, 2.75) is 46.1 Å². The van der Waals surface area contributed by atoms with Gasteiger partial charge in [0.1, 0.15) is 5.60 Å². The van der Waals surface area contributed by atoms with Gasteiger partial charge < -0.3 is 19.3 Å². The molecule has 1 amide bonds. The molecule has 0 aliphatic carbocycles. The van der Waals surface area contributed by atoms with Gasteiger partial charge in [0.2, 0.25) is 0 Å².